The Bertz CT molecular complexity index is 985. The second-order valence-corrected chi connectivity index (χ2v) is 11.0. The van der Waals surface area contributed by atoms with Crippen LogP contribution in [0.4, 0.5) is 5.69 Å². The van der Waals surface area contributed by atoms with E-state index in [1.807, 2.05) is 32.0 Å². The first-order valence-electron chi connectivity index (χ1n) is 12.0. The van der Waals surface area contributed by atoms with Crippen molar-refractivity contribution in [3.05, 3.63) is 44.9 Å². The number of halogens is 1. The number of aromatic nitrogens is 1. The van der Waals surface area contributed by atoms with Crippen molar-refractivity contribution in [3.63, 3.8) is 0 Å². The van der Waals surface area contributed by atoms with E-state index in [0.29, 0.717) is 15.8 Å². The van der Waals surface area contributed by atoms with Gasteiger partial charge in [-0.25, -0.2) is 0 Å². The minimum Gasteiger partial charge on any atom is -0.376 e. The predicted octanol–water partition coefficient (Wildman–Crippen LogP) is 5.63. The van der Waals surface area contributed by atoms with Crippen molar-refractivity contribution < 1.29 is 9.59 Å². The minimum atomic E-state index is -0.470. The molecule has 0 bridgehead atoms. The van der Waals surface area contributed by atoms with Crippen LogP contribution in [0.2, 0.25) is 5.02 Å². The highest BCUT2D eigenvalue weighted by atomic mass is 35.5. The van der Waals surface area contributed by atoms with Crippen LogP contribution < -0.4 is 16.0 Å². The highest BCUT2D eigenvalue weighted by molar-refractivity contribution is 7.14. The molecular weight excluding hydrogens is 456 g/mol. The van der Waals surface area contributed by atoms with Crippen LogP contribution in [0.5, 0.6) is 0 Å². The van der Waals surface area contributed by atoms with Crippen LogP contribution in [0, 0.1) is 12.8 Å². The Morgan fingerprint density at radius 2 is 1.94 bits per heavy atom. The summed E-state index contributed by atoms with van der Waals surface area (Å²) in [7, 11) is 0. The van der Waals surface area contributed by atoms with E-state index in [1.54, 1.807) is 6.20 Å². The average molecular weight is 489 g/mol. The Labute approximate surface area is 204 Å². The lowest BCUT2D eigenvalue weighted by Crippen LogP contribution is -2.48. The Kier molecular flexibility index (Phi) is 7.91. The molecule has 2 aliphatic rings. The van der Waals surface area contributed by atoms with Crippen LogP contribution >= 0.6 is 22.9 Å². The van der Waals surface area contributed by atoms with E-state index in [0.717, 1.165) is 48.4 Å². The topological polar surface area (TPSA) is 83.1 Å². The lowest BCUT2D eigenvalue weighted by molar-refractivity contribution is -0.123. The molecule has 0 aromatic carbocycles. The highest BCUT2D eigenvalue weighted by Crippen LogP contribution is 2.30. The third-order valence-corrected chi connectivity index (χ3v) is 8.02. The van der Waals surface area contributed by atoms with Crippen molar-refractivity contribution in [2.75, 3.05) is 5.32 Å². The maximum atomic E-state index is 13.1. The van der Waals surface area contributed by atoms with Gasteiger partial charge in [0, 0.05) is 17.1 Å². The first-order valence-corrected chi connectivity index (χ1v) is 13.2. The van der Waals surface area contributed by atoms with Crippen LogP contribution in [0.1, 0.15) is 84.6 Å². The van der Waals surface area contributed by atoms with Gasteiger partial charge in [-0.3, -0.25) is 14.6 Å². The Morgan fingerprint density at radius 1 is 1.18 bits per heavy atom. The summed E-state index contributed by atoms with van der Waals surface area (Å²) in [5, 5.41) is 10.1. The van der Waals surface area contributed by atoms with Crippen LogP contribution in [-0.2, 0) is 4.79 Å². The van der Waals surface area contributed by atoms with Crippen molar-refractivity contribution in [1.29, 1.82) is 0 Å². The second kappa shape index (κ2) is 10.9. The summed E-state index contributed by atoms with van der Waals surface area (Å²) in [6.07, 6.45) is 10.4. The van der Waals surface area contributed by atoms with Crippen molar-refractivity contribution in [2.45, 2.75) is 83.3 Å². The minimum absolute atomic E-state index is 0.00767. The predicted molar refractivity (Wildman–Crippen MR) is 134 cm³/mol. The molecular formula is C25H33ClN4O2S. The lowest BCUT2D eigenvalue weighted by Gasteiger charge is -2.26. The summed E-state index contributed by atoms with van der Waals surface area (Å²) < 4.78 is 0. The molecule has 2 saturated carbocycles. The van der Waals surface area contributed by atoms with Crippen LogP contribution in [0.25, 0.3) is 0 Å². The van der Waals surface area contributed by atoms with E-state index in [9.17, 15) is 9.59 Å². The van der Waals surface area contributed by atoms with Gasteiger partial charge in [-0.1, -0.05) is 43.7 Å². The molecule has 2 atom stereocenters. The number of hydrogen-bond donors (Lipinski definition) is 3. The zero-order valence-corrected chi connectivity index (χ0v) is 20.9. The maximum absolute atomic E-state index is 13.1. The monoisotopic (exact) mass is 488 g/mol. The van der Waals surface area contributed by atoms with E-state index < -0.39 is 6.04 Å². The summed E-state index contributed by atoms with van der Waals surface area (Å²) in [5.41, 5.74) is 1.74. The van der Waals surface area contributed by atoms with Gasteiger partial charge in [-0.2, -0.15) is 0 Å². The number of rotatable bonds is 9. The molecule has 2 heterocycles. The number of amides is 2. The quantitative estimate of drug-likeness (QED) is 0.427. The molecule has 0 aliphatic heterocycles. The lowest BCUT2D eigenvalue weighted by atomic mass is 9.84. The third kappa shape index (κ3) is 6.70. The molecule has 8 heteroatoms. The Balaban J connectivity index is 1.40. The molecule has 4 rings (SSSR count). The van der Waals surface area contributed by atoms with Crippen molar-refractivity contribution in [1.82, 2.24) is 15.6 Å². The number of aryl methyl sites for hydroxylation is 1. The standard InChI is InChI=1S/C25H33ClN4O2S/c1-15-20(13-18(26)14-27-15)28-16(2)22-10-11-23(33-22)25(32)30-21(24(31)29-19-8-9-19)12-17-6-4-3-5-7-17/h10-11,13-14,16-17,19,21,28H,3-9,12H2,1-2H3,(H,29,31)(H,30,32)/t16-,21-/m0/s1. The fourth-order valence-corrected chi connectivity index (χ4v) is 5.48. The van der Waals surface area contributed by atoms with Crippen molar-refractivity contribution in [3.8, 4) is 0 Å². The SMILES string of the molecule is Cc1ncc(Cl)cc1N[C@@H](C)c1ccc(C(=O)N[C@@H](CC2CCCCC2)C(=O)NC2CC2)s1. The molecule has 0 unspecified atom stereocenters. The largest absolute Gasteiger partial charge is 0.376 e. The van der Waals surface area contributed by atoms with E-state index in [1.165, 1.54) is 30.6 Å². The van der Waals surface area contributed by atoms with Gasteiger partial charge >= 0.3 is 0 Å². The van der Waals surface area contributed by atoms with Crippen molar-refractivity contribution in [2.24, 2.45) is 5.92 Å². The highest BCUT2D eigenvalue weighted by Gasteiger charge is 2.31. The van der Waals surface area contributed by atoms with Gasteiger partial charge in [0.05, 0.1) is 27.3 Å². The molecule has 3 N–H and O–H groups in total. The molecule has 0 radical (unpaired) electrons. The third-order valence-electron chi connectivity index (χ3n) is 6.54. The molecule has 6 nitrogen and oxygen atoms in total. The Hall–Kier alpha value is -2.12. The van der Waals surface area contributed by atoms with Gasteiger partial charge < -0.3 is 16.0 Å². The van der Waals surface area contributed by atoms with Gasteiger partial charge in [0.1, 0.15) is 6.04 Å². The van der Waals surface area contributed by atoms with Gasteiger partial charge in [0.25, 0.3) is 5.91 Å². The van der Waals surface area contributed by atoms with Crippen LogP contribution in [0.15, 0.2) is 24.4 Å². The van der Waals surface area contributed by atoms with Gasteiger partial charge in [0.2, 0.25) is 5.91 Å². The number of pyridine rings is 1. The fraction of sp³-hybridized carbons (Fsp3) is 0.560. The first-order chi connectivity index (χ1) is 15.9. The average Bonchev–Trinajstić information content (AvgIpc) is 3.47. The molecule has 2 fully saturated rings. The van der Waals surface area contributed by atoms with E-state index >= 15 is 0 Å². The summed E-state index contributed by atoms with van der Waals surface area (Å²) in [6.45, 7) is 3.97. The van der Waals surface area contributed by atoms with Gasteiger partial charge in [-0.15, -0.1) is 11.3 Å². The summed E-state index contributed by atoms with van der Waals surface area (Å²) in [6, 6.07) is 5.47. The normalized spacial score (nSPS) is 18.4. The molecule has 2 aromatic rings. The number of carbonyl (C=O) groups is 2. The number of nitrogens with one attached hydrogen (secondary N) is 3. The molecule has 33 heavy (non-hydrogen) atoms. The zero-order valence-electron chi connectivity index (χ0n) is 19.3. The fourth-order valence-electron chi connectivity index (χ4n) is 4.41. The summed E-state index contributed by atoms with van der Waals surface area (Å²) in [5.74, 6) is 0.296. The van der Waals surface area contributed by atoms with E-state index in [2.05, 4.69) is 20.9 Å². The maximum Gasteiger partial charge on any atom is 0.262 e. The smallest absolute Gasteiger partial charge is 0.262 e. The first kappa shape index (κ1) is 24.0. The van der Waals surface area contributed by atoms with E-state index in [-0.39, 0.29) is 23.9 Å². The number of nitrogens with zero attached hydrogens (tertiary/aromatic N) is 1. The van der Waals surface area contributed by atoms with E-state index in [4.69, 9.17) is 11.6 Å². The number of carbonyl (C=O) groups excluding carboxylic acids is 2. The van der Waals surface area contributed by atoms with Gasteiger partial charge in [-0.05, 0) is 57.2 Å². The van der Waals surface area contributed by atoms with Gasteiger partial charge in [0.15, 0.2) is 0 Å². The molecule has 2 aliphatic carbocycles. The van der Waals surface area contributed by atoms with Crippen LogP contribution in [0.3, 0.4) is 0 Å². The molecule has 2 amide bonds. The summed E-state index contributed by atoms with van der Waals surface area (Å²) >= 11 is 7.53. The Morgan fingerprint density at radius 3 is 2.67 bits per heavy atom. The van der Waals surface area contributed by atoms with Crippen LogP contribution in [-0.4, -0.2) is 28.9 Å². The molecule has 0 saturated heterocycles. The van der Waals surface area contributed by atoms with Crippen molar-refractivity contribution >= 4 is 40.4 Å². The molecule has 178 valence electrons. The number of anilines is 1. The zero-order chi connectivity index (χ0) is 23.4. The summed E-state index contributed by atoms with van der Waals surface area (Å²) in [4.78, 5) is 31.9. The molecule has 2 aromatic heterocycles. The number of hydrogen-bond acceptors (Lipinski definition) is 5. The number of thiophene rings is 1. The molecule has 0 spiro atoms. The second-order valence-electron chi connectivity index (χ2n) is 9.40.